The molecule has 3 N–H and O–H groups in total. The summed E-state index contributed by atoms with van der Waals surface area (Å²) >= 11 is 0. The molecule has 0 aliphatic carbocycles. The van der Waals surface area contributed by atoms with Gasteiger partial charge in [-0.3, -0.25) is 24.4 Å². The molecule has 1 aromatic heterocycles. The van der Waals surface area contributed by atoms with Crippen molar-refractivity contribution in [1.29, 1.82) is 0 Å². The number of amides is 3. The third-order valence-electron chi connectivity index (χ3n) is 5.96. The van der Waals surface area contributed by atoms with Gasteiger partial charge in [-0.2, -0.15) is 15.4 Å². The highest BCUT2D eigenvalue weighted by molar-refractivity contribution is 5.90. The molecule has 1 aromatic carbocycles. The Morgan fingerprint density at radius 3 is 2.68 bits per heavy atom. The number of nitrogens with one attached hydrogen (secondary N) is 3. The Labute approximate surface area is 211 Å². The van der Waals surface area contributed by atoms with Crippen molar-refractivity contribution in [3.63, 3.8) is 0 Å². The standard InChI is InChI=1S/C22H29F2N9O4/c1-14(34)25-10-17-12-32(22(36)37-17)16-7-18(23)21(19(24)8-16)31-4-3-27-33(6-5-31)20(35)13-30(2)11-15-9-26-29-28-15/h7-9,17,27H,3-6,10-13H2,1-2H3,(H,25,34)(H,26,28,29)/t17-/m0/s1. The third kappa shape index (κ3) is 6.48. The predicted molar refractivity (Wildman–Crippen MR) is 127 cm³/mol. The average molecular weight is 522 g/mol. The van der Waals surface area contributed by atoms with Gasteiger partial charge < -0.3 is 15.0 Å². The summed E-state index contributed by atoms with van der Waals surface area (Å²) < 4.78 is 35.4. The Bertz CT molecular complexity index is 1110. The monoisotopic (exact) mass is 521 g/mol. The number of cyclic esters (lactones) is 1. The van der Waals surface area contributed by atoms with Crippen LogP contribution in [0.1, 0.15) is 12.6 Å². The fourth-order valence-corrected chi connectivity index (χ4v) is 4.22. The maximum absolute atomic E-state index is 15.1. The van der Waals surface area contributed by atoms with Gasteiger partial charge in [-0.25, -0.2) is 19.0 Å². The lowest BCUT2D eigenvalue weighted by atomic mass is 10.2. The molecule has 3 heterocycles. The van der Waals surface area contributed by atoms with E-state index in [2.05, 4.69) is 26.2 Å². The lowest BCUT2D eigenvalue weighted by molar-refractivity contribution is -0.135. The Hall–Kier alpha value is -3.85. The molecule has 4 rings (SSSR count). The Balaban J connectivity index is 1.37. The van der Waals surface area contributed by atoms with Crippen LogP contribution in [0.3, 0.4) is 0 Å². The van der Waals surface area contributed by atoms with Crippen molar-refractivity contribution in [3.8, 4) is 0 Å². The quantitative estimate of drug-likeness (QED) is 0.432. The smallest absolute Gasteiger partial charge is 0.414 e. The van der Waals surface area contributed by atoms with E-state index in [0.29, 0.717) is 18.8 Å². The van der Waals surface area contributed by atoms with E-state index in [1.807, 2.05) is 0 Å². The average Bonchev–Trinajstić information content (AvgIpc) is 3.40. The predicted octanol–water partition coefficient (Wildman–Crippen LogP) is -0.171. The normalized spacial score (nSPS) is 18.2. The van der Waals surface area contributed by atoms with Gasteiger partial charge in [0.15, 0.2) is 11.6 Å². The van der Waals surface area contributed by atoms with Crippen molar-refractivity contribution in [2.24, 2.45) is 0 Å². The molecule has 2 saturated heterocycles. The highest BCUT2D eigenvalue weighted by Crippen LogP contribution is 2.31. The van der Waals surface area contributed by atoms with E-state index in [4.69, 9.17) is 4.74 Å². The van der Waals surface area contributed by atoms with E-state index in [1.165, 1.54) is 16.8 Å². The lowest BCUT2D eigenvalue weighted by Gasteiger charge is -2.25. The number of halogens is 2. The fourth-order valence-electron chi connectivity index (χ4n) is 4.22. The summed E-state index contributed by atoms with van der Waals surface area (Å²) in [6, 6.07) is 2.17. The lowest BCUT2D eigenvalue weighted by Crippen LogP contribution is -2.47. The van der Waals surface area contributed by atoms with E-state index in [-0.39, 0.29) is 62.5 Å². The summed E-state index contributed by atoms with van der Waals surface area (Å²) in [7, 11) is 1.78. The minimum absolute atomic E-state index is 0.0222. The van der Waals surface area contributed by atoms with Crippen molar-refractivity contribution in [1.82, 2.24) is 36.1 Å². The van der Waals surface area contributed by atoms with E-state index >= 15 is 8.78 Å². The number of hydrogen-bond acceptors (Lipinski definition) is 9. The molecule has 0 spiro atoms. The second-order valence-corrected chi connectivity index (χ2v) is 8.89. The summed E-state index contributed by atoms with van der Waals surface area (Å²) in [5.41, 5.74) is 3.50. The molecule has 200 valence electrons. The summed E-state index contributed by atoms with van der Waals surface area (Å²) in [6.07, 6.45) is 0.203. The molecule has 0 bridgehead atoms. The number of aromatic nitrogens is 3. The van der Waals surface area contributed by atoms with Crippen molar-refractivity contribution in [2.45, 2.75) is 19.6 Å². The molecule has 2 aromatic rings. The molecule has 15 heteroatoms. The summed E-state index contributed by atoms with van der Waals surface area (Å²) in [4.78, 5) is 40.5. The van der Waals surface area contributed by atoms with Crippen molar-refractivity contribution in [3.05, 3.63) is 35.7 Å². The molecule has 13 nitrogen and oxygen atoms in total. The van der Waals surface area contributed by atoms with E-state index in [0.717, 1.165) is 17.0 Å². The number of hydrazine groups is 1. The molecular formula is C22H29F2N9O4. The number of carbonyl (C=O) groups is 3. The number of hydrogen-bond donors (Lipinski definition) is 3. The number of nitrogens with zero attached hydrogens (tertiary/aromatic N) is 6. The molecule has 1 atom stereocenters. The Kier molecular flexibility index (Phi) is 8.13. The number of benzene rings is 1. The molecule has 0 unspecified atom stereocenters. The van der Waals surface area contributed by atoms with Gasteiger partial charge in [-0.1, -0.05) is 0 Å². The zero-order valence-corrected chi connectivity index (χ0v) is 20.5. The van der Waals surface area contributed by atoms with Gasteiger partial charge in [-0.05, 0) is 7.05 Å². The van der Waals surface area contributed by atoms with Crippen LogP contribution < -0.4 is 20.5 Å². The molecular weight excluding hydrogens is 492 g/mol. The molecule has 0 saturated carbocycles. The first kappa shape index (κ1) is 26.2. The number of H-pyrrole nitrogens is 1. The Morgan fingerprint density at radius 2 is 2.00 bits per heavy atom. The zero-order valence-electron chi connectivity index (χ0n) is 20.5. The van der Waals surface area contributed by atoms with Gasteiger partial charge in [0, 0.05) is 45.2 Å². The van der Waals surface area contributed by atoms with E-state index < -0.39 is 23.8 Å². The van der Waals surface area contributed by atoms with E-state index in [9.17, 15) is 14.4 Å². The van der Waals surface area contributed by atoms with Crippen LogP contribution in [0.25, 0.3) is 0 Å². The first-order chi connectivity index (χ1) is 17.7. The number of carbonyl (C=O) groups excluding carboxylic acids is 3. The van der Waals surface area contributed by atoms with Crippen LogP contribution in [-0.2, 0) is 20.9 Å². The van der Waals surface area contributed by atoms with Crippen LogP contribution in [0, 0.1) is 11.6 Å². The summed E-state index contributed by atoms with van der Waals surface area (Å²) in [5.74, 6) is -2.13. The third-order valence-corrected chi connectivity index (χ3v) is 5.96. The van der Waals surface area contributed by atoms with Crippen LogP contribution in [0.4, 0.5) is 25.0 Å². The van der Waals surface area contributed by atoms with Crippen molar-refractivity contribution in [2.75, 3.05) is 62.7 Å². The topological polar surface area (TPSA) is 139 Å². The second-order valence-electron chi connectivity index (χ2n) is 8.89. The largest absolute Gasteiger partial charge is 0.442 e. The zero-order chi connectivity index (χ0) is 26.5. The number of ether oxygens (including phenoxy) is 1. The van der Waals surface area contributed by atoms with Gasteiger partial charge in [0.2, 0.25) is 5.91 Å². The van der Waals surface area contributed by atoms with Crippen LogP contribution in [0.15, 0.2) is 18.3 Å². The first-order valence-electron chi connectivity index (χ1n) is 11.7. The number of likely N-dealkylation sites (N-methyl/N-ethyl adjacent to an activating group) is 1. The van der Waals surface area contributed by atoms with Crippen LogP contribution in [0.5, 0.6) is 0 Å². The van der Waals surface area contributed by atoms with Crippen molar-refractivity contribution >= 4 is 29.3 Å². The molecule has 0 radical (unpaired) electrons. The van der Waals surface area contributed by atoms with Gasteiger partial charge >= 0.3 is 6.09 Å². The van der Waals surface area contributed by atoms with Gasteiger partial charge in [0.05, 0.1) is 43.8 Å². The van der Waals surface area contributed by atoms with Crippen LogP contribution in [0.2, 0.25) is 0 Å². The minimum Gasteiger partial charge on any atom is -0.442 e. The van der Waals surface area contributed by atoms with Gasteiger partial charge in [0.25, 0.3) is 5.91 Å². The second kappa shape index (κ2) is 11.5. The van der Waals surface area contributed by atoms with Gasteiger partial charge in [-0.15, -0.1) is 0 Å². The molecule has 2 aliphatic rings. The highest BCUT2D eigenvalue weighted by atomic mass is 19.1. The number of rotatable bonds is 8. The number of anilines is 2. The molecule has 37 heavy (non-hydrogen) atoms. The fraction of sp³-hybridized carbons (Fsp3) is 0.500. The molecule has 3 amide bonds. The maximum atomic E-state index is 15.1. The molecule has 2 fully saturated rings. The molecule has 2 aliphatic heterocycles. The Morgan fingerprint density at radius 1 is 1.24 bits per heavy atom. The summed E-state index contributed by atoms with van der Waals surface area (Å²) in [6.45, 7) is 3.00. The van der Waals surface area contributed by atoms with Crippen molar-refractivity contribution < 1.29 is 27.9 Å². The minimum atomic E-state index is -0.833. The SMILES string of the molecule is CC(=O)NC[C@H]1CN(c2cc(F)c(N3CCNN(C(=O)CN(C)Cc4cn[nH]n4)CC3)c(F)c2)C(=O)O1. The van der Waals surface area contributed by atoms with Gasteiger partial charge in [0.1, 0.15) is 11.8 Å². The van der Waals surface area contributed by atoms with E-state index in [1.54, 1.807) is 18.1 Å². The summed E-state index contributed by atoms with van der Waals surface area (Å²) in [5, 5.41) is 14.2. The van der Waals surface area contributed by atoms with Crippen LogP contribution >= 0.6 is 0 Å². The van der Waals surface area contributed by atoms with Crippen LogP contribution in [-0.4, -0.2) is 102 Å². The first-order valence-corrected chi connectivity index (χ1v) is 11.7. The number of aromatic amines is 1. The maximum Gasteiger partial charge on any atom is 0.414 e. The highest BCUT2D eigenvalue weighted by Gasteiger charge is 2.34.